The second-order valence-corrected chi connectivity index (χ2v) is 10.4. The van der Waals surface area contributed by atoms with Crippen LogP contribution in [0.4, 0.5) is 21.0 Å². The number of amidine groups is 2. The summed E-state index contributed by atoms with van der Waals surface area (Å²) in [6, 6.07) is 15.2. The highest BCUT2D eigenvalue weighted by Gasteiger charge is 2.09. The van der Waals surface area contributed by atoms with Crippen molar-refractivity contribution in [3.63, 3.8) is 0 Å². The Labute approximate surface area is 243 Å². The van der Waals surface area contributed by atoms with Crippen LogP contribution in [-0.4, -0.2) is 63.0 Å². The molecule has 2 aliphatic heterocycles. The third-order valence-electron chi connectivity index (χ3n) is 7.05. The Morgan fingerprint density at radius 1 is 0.585 bits per heavy atom. The van der Waals surface area contributed by atoms with Crippen molar-refractivity contribution < 1.29 is 9.59 Å². The number of nitrogens with zero attached hydrogens (tertiary/aromatic N) is 2. The van der Waals surface area contributed by atoms with Gasteiger partial charge in [0, 0.05) is 61.8 Å². The maximum atomic E-state index is 12.2. The Hall–Kier alpha value is -4.08. The number of carbonyl (C=O) groups excluding carboxylic acids is 2. The molecule has 220 valence electrons. The molecule has 0 aromatic heterocycles. The average molecular weight is 561 g/mol. The van der Waals surface area contributed by atoms with E-state index in [0.717, 1.165) is 118 Å². The molecule has 0 bridgehead atoms. The number of carbonyl (C=O) groups is 2. The summed E-state index contributed by atoms with van der Waals surface area (Å²) in [6.07, 6.45) is 9.70. The molecular weight excluding hydrogens is 516 g/mol. The number of urea groups is 2. The lowest BCUT2D eigenvalue weighted by Gasteiger charge is -2.15. The predicted octanol–water partition coefficient (Wildman–Crippen LogP) is 4.84. The summed E-state index contributed by atoms with van der Waals surface area (Å²) in [6.45, 7) is 4.94. The third kappa shape index (κ3) is 10.8. The minimum Gasteiger partial charge on any atom is -0.370 e. The van der Waals surface area contributed by atoms with E-state index in [1.807, 2.05) is 48.5 Å². The summed E-state index contributed by atoms with van der Waals surface area (Å²) in [7, 11) is 0. The lowest BCUT2D eigenvalue weighted by atomic mass is 10.1. The fraction of sp³-hybridized carbons (Fsp3) is 0.484. The van der Waals surface area contributed by atoms with E-state index in [2.05, 4.69) is 41.9 Å². The molecule has 10 nitrogen and oxygen atoms in total. The van der Waals surface area contributed by atoms with Crippen molar-refractivity contribution in [1.82, 2.24) is 21.3 Å². The molecule has 2 aromatic rings. The Morgan fingerprint density at radius 3 is 1.34 bits per heavy atom. The predicted molar refractivity (Wildman–Crippen MR) is 167 cm³/mol. The maximum Gasteiger partial charge on any atom is 0.319 e. The zero-order valence-corrected chi connectivity index (χ0v) is 23.9. The molecule has 0 atom stereocenters. The molecule has 4 rings (SSSR count). The van der Waals surface area contributed by atoms with Gasteiger partial charge in [0.15, 0.2) is 0 Å². The molecule has 0 spiro atoms. The Balaban J connectivity index is 0.957. The number of unbranched alkanes of at least 4 members (excludes halogenated alkanes) is 6. The fourth-order valence-electron chi connectivity index (χ4n) is 4.76. The molecule has 0 unspecified atom stereocenters. The quantitative estimate of drug-likeness (QED) is 0.185. The highest BCUT2D eigenvalue weighted by atomic mass is 16.2. The van der Waals surface area contributed by atoms with Crippen molar-refractivity contribution in [3.8, 4) is 0 Å². The van der Waals surface area contributed by atoms with Gasteiger partial charge in [-0.3, -0.25) is 9.98 Å². The topological polar surface area (TPSA) is 131 Å². The standard InChI is InChI=1S/C31H44N8O2/c40-30(38-26-14-10-24(11-15-26)28-32-20-8-21-33-28)36-18-6-4-2-1-3-5-7-19-37-31(41)39-27-16-12-25(13-17-27)29-34-22-9-23-35-29/h10-17H,1-9,18-23H2,(H,32,33)(H,34,35)(H2,36,38,40)(H2,37,39,41). The summed E-state index contributed by atoms with van der Waals surface area (Å²) in [5.41, 5.74) is 3.62. The minimum atomic E-state index is -0.175. The van der Waals surface area contributed by atoms with Crippen LogP contribution in [0, 0.1) is 0 Å². The van der Waals surface area contributed by atoms with Crippen LogP contribution in [0.2, 0.25) is 0 Å². The summed E-state index contributed by atoms with van der Waals surface area (Å²) in [4.78, 5) is 33.3. The third-order valence-corrected chi connectivity index (χ3v) is 7.05. The van der Waals surface area contributed by atoms with E-state index >= 15 is 0 Å². The van der Waals surface area contributed by atoms with Gasteiger partial charge in [-0.25, -0.2) is 9.59 Å². The van der Waals surface area contributed by atoms with Crippen LogP contribution in [0.3, 0.4) is 0 Å². The number of benzene rings is 2. The molecule has 0 aliphatic carbocycles. The smallest absolute Gasteiger partial charge is 0.319 e. The second-order valence-electron chi connectivity index (χ2n) is 10.4. The van der Waals surface area contributed by atoms with Crippen molar-refractivity contribution >= 4 is 35.1 Å². The van der Waals surface area contributed by atoms with Crippen LogP contribution in [0.1, 0.15) is 68.9 Å². The van der Waals surface area contributed by atoms with Gasteiger partial charge >= 0.3 is 12.1 Å². The first-order chi connectivity index (χ1) is 20.2. The van der Waals surface area contributed by atoms with Crippen LogP contribution in [0.25, 0.3) is 0 Å². The van der Waals surface area contributed by atoms with Gasteiger partial charge in [0.25, 0.3) is 0 Å². The van der Waals surface area contributed by atoms with Gasteiger partial charge in [0.1, 0.15) is 11.7 Å². The summed E-state index contributed by atoms with van der Waals surface area (Å²) >= 11 is 0. The molecule has 0 saturated heterocycles. The molecule has 2 aromatic carbocycles. The van der Waals surface area contributed by atoms with E-state index in [1.165, 1.54) is 0 Å². The van der Waals surface area contributed by atoms with E-state index < -0.39 is 0 Å². The first-order valence-electron chi connectivity index (χ1n) is 15.0. The number of hydrogen-bond donors (Lipinski definition) is 6. The van der Waals surface area contributed by atoms with Gasteiger partial charge < -0.3 is 31.9 Å². The van der Waals surface area contributed by atoms with Crippen LogP contribution in [0.15, 0.2) is 58.5 Å². The summed E-state index contributed by atoms with van der Waals surface area (Å²) in [5.74, 6) is 1.85. The van der Waals surface area contributed by atoms with E-state index in [0.29, 0.717) is 13.1 Å². The van der Waals surface area contributed by atoms with Crippen molar-refractivity contribution in [2.75, 3.05) is 49.9 Å². The molecule has 0 fully saturated rings. The van der Waals surface area contributed by atoms with Gasteiger partial charge in [-0.15, -0.1) is 0 Å². The number of amides is 4. The van der Waals surface area contributed by atoms with Crippen LogP contribution >= 0.6 is 0 Å². The lowest BCUT2D eigenvalue weighted by molar-refractivity contribution is 0.251. The van der Waals surface area contributed by atoms with Crippen LogP contribution < -0.4 is 31.9 Å². The molecule has 41 heavy (non-hydrogen) atoms. The number of aliphatic imine (C=N–C) groups is 2. The van der Waals surface area contributed by atoms with Gasteiger partial charge in [0.2, 0.25) is 0 Å². The fourth-order valence-corrected chi connectivity index (χ4v) is 4.76. The zero-order valence-electron chi connectivity index (χ0n) is 23.9. The number of nitrogens with one attached hydrogen (secondary N) is 6. The SMILES string of the molecule is O=C(NCCCCCCCCCNC(=O)Nc1ccc(C2=NCCCN2)cc1)Nc1ccc(C2=NCCCN2)cc1. The molecule has 0 radical (unpaired) electrons. The van der Waals surface area contributed by atoms with Crippen molar-refractivity contribution in [2.45, 2.75) is 57.8 Å². The minimum absolute atomic E-state index is 0.175. The Bertz CT molecular complexity index is 1070. The van der Waals surface area contributed by atoms with Gasteiger partial charge in [-0.2, -0.15) is 0 Å². The number of rotatable bonds is 14. The molecule has 4 amide bonds. The van der Waals surface area contributed by atoms with E-state index in [-0.39, 0.29) is 12.1 Å². The first kappa shape index (κ1) is 29.9. The normalized spacial score (nSPS) is 14.5. The lowest BCUT2D eigenvalue weighted by Crippen LogP contribution is -2.30. The van der Waals surface area contributed by atoms with Crippen molar-refractivity contribution in [1.29, 1.82) is 0 Å². The summed E-state index contributed by atoms with van der Waals surface area (Å²) in [5, 5.41) is 18.3. The van der Waals surface area contributed by atoms with E-state index in [1.54, 1.807) is 0 Å². The highest BCUT2D eigenvalue weighted by molar-refractivity contribution is 6.00. The largest absolute Gasteiger partial charge is 0.370 e. The number of anilines is 2. The Kier molecular flexibility index (Phi) is 12.3. The molecular formula is C31H44N8O2. The maximum absolute atomic E-state index is 12.2. The van der Waals surface area contributed by atoms with Crippen LogP contribution in [0.5, 0.6) is 0 Å². The van der Waals surface area contributed by atoms with Gasteiger partial charge in [-0.1, -0.05) is 32.1 Å². The number of hydrogen-bond acceptors (Lipinski definition) is 6. The highest BCUT2D eigenvalue weighted by Crippen LogP contribution is 2.13. The Morgan fingerprint density at radius 2 is 0.976 bits per heavy atom. The van der Waals surface area contributed by atoms with E-state index in [4.69, 9.17) is 0 Å². The van der Waals surface area contributed by atoms with Crippen molar-refractivity contribution in [2.24, 2.45) is 9.98 Å². The molecule has 6 N–H and O–H groups in total. The van der Waals surface area contributed by atoms with Gasteiger partial charge in [-0.05, 0) is 74.2 Å². The molecule has 2 aliphatic rings. The van der Waals surface area contributed by atoms with E-state index in [9.17, 15) is 9.59 Å². The van der Waals surface area contributed by atoms with Crippen molar-refractivity contribution in [3.05, 3.63) is 59.7 Å². The first-order valence-corrected chi connectivity index (χ1v) is 15.0. The van der Waals surface area contributed by atoms with Crippen LogP contribution in [-0.2, 0) is 0 Å². The van der Waals surface area contributed by atoms with Gasteiger partial charge in [0.05, 0.1) is 0 Å². The average Bonchev–Trinajstić information content (AvgIpc) is 3.01. The molecule has 2 heterocycles. The molecule has 0 saturated carbocycles. The zero-order chi connectivity index (χ0) is 28.5. The molecule has 10 heteroatoms. The summed E-state index contributed by atoms with van der Waals surface area (Å²) < 4.78 is 0. The monoisotopic (exact) mass is 560 g/mol. The second kappa shape index (κ2) is 16.9.